The average Bonchev–Trinajstić information content (AvgIpc) is 3.93. The Morgan fingerprint density at radius 2 is 1.61 bits per heavy atom. The molecule has 0 amide bonds. The van der Waals surface area contributed by atoms with Gasteiger partial charge in [0.2, 0.25) is 11.6 Å². The van der Waals surface area contributed by atoms with E-state index in [1.807, 2.05) is 66.7 Å². The second-order valence-electron chi connectivity index (χ2n) is 19.2. The van der Waals surface area contributed by atoms with Crippen LogP contribution in [0.3, 0.4) is 0 Å². The zero-order valence-corrected chi connectivity index (χ0v) is 39.4. The third kappa shape index (κ3) is 7.75. The highest BCUT2D eigenvalue weighted by molar-refractivity contribution is 6.74. The first kappa shape index (κ1) is 45.3. The molecule has 1 aliphatic heterocycles. The maximum absolute atomic E-state index is 16.3. The Hall–Kier alpha value is -5.27. The van der Waals surface area contributed by atoms with Gasteiger partial charge in [0.25, 0.3) is 5.88 Å². The SMILES string of the molecule is C=CCN(CC=C)[C@@H]1c2onc(OCc3ccccc3)c2C(=O)[C@@]2(O[Si](C)(C)C(C)(C)C)C(=O)C3=C(O)c4c(OCc5ccccc5)cc([C@@H]5CCCN5CC)c(OC)c4C[C@H]3C[C@@H]12. The number of carbonyl (C=O) groups is 2. The molecule has 1 saturated heterocycles. The van der Waals surface area contributed by atoms with Gasteiger partial charge in [-0.05, 0) is 85.2 Å². The number of ether oxygens (including phenoxy) is 3. The third-order valence-corrected chi connectivity index (χ3v) is 18.8. The van der Waals surface area contributed by atoms with E-state index in [0.29, 0.717) is 48.8 Å². The summed E-state index contributed by atoms with van der Waals surface area (Å²) in [4.78, 5) is 36.8. The molecule has 8 rings (SSSR count). The highest BCUT2D eigenvalue weighted by Crippen LogP contribution is 2.60. The van der Waals surface area contributed by atoms with E-state index in [0.717, 1.165) is 48.2 Å². The van der Waals surface area contributed by atoms with Gasteiger partial charge in [0.1, 0.15) is 36.0 Å². The number of nitrogens with zero attached hydrogens (tertiary/aromatic N) is 3. The largest absolute Gasteiger partial charge is 0.507 e. The predicted molar refractivity (Wildman–Crippen MR) is 250 cm³/mol. The molecule has 4 aromatic rings. The molecule has 4 aliphatic rings. The van der Waals surface area contributed by atoms with Crippen molar-refractivity contribution in [3.05, 3.63) is 137 Å². The minimum atomic E-state index is -2.99. The van der Waals surface area contributed by atoms with Gasteiger partial charge in [0, 0.05) is 41.7 Å². The Bertz CT molecular complexity index is 2430. The average molecular weight is 886 g/mol. The molecule has 3 aromatic carbocycles. The van der Waals surface area contributed by atoms with Gasteiger partial charge in [-0.3, -0.25) is 19.4 Å². The van der Waals surface area contributed by atoms with Crippen molar-refractivity contribution in [2.45, 2.75) is 102 Å². The van der Waals surface area contributed by atoms with Crippen LogP contribution in [0.25, 0.3) is 5.76 Å². The van der Waals surface area contributed by atoms with Gasteiger partial charge in [0.05, 0.1) is 18.7 Å². The molecule has 0 bridgehead atoms. The van der Waals surface area contributed by atoms with Crippen LogP contribution in [-0.2, 0) is 28.9 Å². The van der Waals surface area contributed by atoms with E-state index in [1.165, 1.54) is 0 Å². The maximum Gasteiger partial charge on any atom is 0.265 e. The van der Waals surface area contributed by atoms with Crippen molar-refractivity contribution in [3.63, 3.8) is 0 Å². The van der Waals surface area contributed by atoms with Crippen molar-refractivity contribution in [2.75, 3.05) is 33.3 Å². The Morgan fingerprint density at radius 3 is 2.20 bits per heavy atom. The molecule has 3 aliphatic carbocycles. The van der Waals surface area contributed by atoms with E-state index in [-0.39, 0.29) is 42.0 Å². The van der Waals surface area contributed by atoms with Crippen LogP contribution in [-0.4, -0.2) is 78.8 Å². The zero-order valence-electron chi connectivity index (χ0n) is 38.4. The van der Waals surface area contributed by atoms with Gasteiger partial charge < -0.3 is 28.3 Å². The number of likely N-dealkylation sites (tertiary alicyclic amines) is 1. The normalized spacial score (nSPS) is 23.3. The smallest absolute Gasteiger partial charge is 0.265 e. The van der Waals surface area contributed by atoms with Crippen LogP contribution in [0.15, 0.2) is 102 Å². The summed E-state index contributed by atoms with van der Waals surface area (Å²) in [6.07, 6.45) is 6.26. The van der Waals surface area contributed by atoms with Gasteiger partial charge in [-0.2, -0.15) is 0 Å². The molecular formula is C52H63N3O8Si. The number of hydrogen-bond donors (Lipinski definition) is 1. The first-order chi connectivity index (χ1) is 30.7. The third-order valence-electron chi connectivity index (χ3n) is 14.4. The van der Waals surface area contributed by atoms with Gasteiger partial charge in [0.15, 0.2) is 19.7 Å². The molecule has 338 valence electrons. The first-order valence-corrected chi connectivity index (χ1v) is 25.6. The molecule has 0 spiro atoms. The summed E-state index contributed by atoms with van der Waals surface area (Å²) in [5.74, 6) is -1.16. The number of aromatic nitrogens is 1. The number of fused-ring (bicyclic) bond motifs is 4. The minimum absolute atomic E-state index is 0.00770. The fraction of sp³-hybridized carbons (Fsp3) is 0.442. The summed E-state index contributed by atoms with van der Waals surface area (Å²) in [7, 11) is -1.31. The number of carbonyl (C=O) groups excluding carboxylic acids is 2. The van der Waals surface area contributed by atoms with Gasteiger partial charge in [-0.25, -0.2) is 0 Å². The lowest BCUT2D eigenvalue weighted by molar-refractivity contribution is -0.141. The van der Waals surface area contributed by atoms with Crippen molar-refractivity contribution >= 4 is 25.6 Å². The minimum Gasteiger partial charge on any atom is -0.507 e. The van der Waals surface area contributed by atoms with Crippen LogP contribution >= 0.6 is 0 Å². The fourth-order valence-electron chi connectivity index (χ4n) is 10.4. The molecule has 5 atom stereocenters. The molecule has 64 heavy (non-hydrogen) atoms. The lowest BCUT2D eigenvalue weighted by atomic mass is 9.57. The van der Waals surface area contributed by atoms with Gasteiger partial charge >= 0.3 is 0 Å². The molecule has 1 N–H and O–H groups in total. The Labute approximate surface area is 378 Å². The number of aliphatic hydroxyl groups excluding tert-OH is 1. The van der Waals surface area contributed by atoms with Gasteiger partial charge in [-0.15, -0.1) is 13.2 Å². The van der Waals surface area contributed by atoms with Crippen molar-refractivity contribution in [2.24, 2.45) is 11.8 Å². The van der Waals surface area contributed by atoms with Crippen molar-refractivity contribution in [1.29, 1.82) is 0 Å². The molecule has 12 heteroatoms. The van der Waals surface area contributed by atoms with Crippen molar-refractivity contribution < 1.29 is 37.9 Å². The number of aliphatic hydroxyl groups is 1. The number of benzene rings is 3. The van der Waals surface area contributed by atoms with Crippen LogP contribution in [0, 0.1) is 11.8 Å². The van der Waals surface area contributed by atoms with Crippen molar-refractivity contribution in [1.82, 2.24) is 15.0 Å². The Morgan fingerprint density at radius 1 is 0.969 bits per heavy atom. The van der Waals surface area contributed by atoms with Crippen molar-refractivity contribution in [3.8, 4) is 17.4 Å². The second kappa shape index (κ2) is 18.0. The predicted octanol–water partition coefficient (Wildman–Crippen LogP) is 10.4. The quantitative estimate of drug-likeness (QED) is 0.0657. The second-order valence-corrected chi connectivity index (χ2v) is 23.9. The molecule has 0 radical (unpaired) electrons. The maximum atomic E-state index is 16.3. The highest BCUT2D eigenvalue weighted by Gasteiger charge is 2.69. The number of ketones is 2. The standard InChI is InChI=1S/C52H63N3O8Si/c1-10-25-55(26-11-2)44-38-29-35-28-37-42(40(60-31-33-20-15-13-16-21-33)30-36(46(37)59-7)39-24-19-27-54(39)12-3)45(56)41(35)48(57)52(38,63-64(8,9)51(4,5)6)49(58)43-47(44)62-53-50(43)61-32-34-22-17-14-18-23-34/h10-11,13-18,20-23,30,35,38-39,44,56H,1-2,12,19,24-29,31-32H2,3-9H3/t35-,38-,39-,44-,52-/m0/s1. The first-order valence-electron chi connectivity index (χ1n) is 22.7. The topological polar surface area (TPSA) is 124 Å². The number of rotatable bonds is 16. The summed E-state index contributed by atoms with van der Waals surface area (Å²) in [5.41, 5.74) is 2.19. The van der Waals surface area contributed by atoms with E-state index in [9.17, 15) is 5.11 Å². The van der Waals surface area contributed by atoms with E-state index >= 15 is 9.59 Å². The molecule has 0 unspecified atom stereocenters. The number of methoxy groups -OCH3 is 1. The lowest BCUT2D eigenvalue weighted by Crippen LogP contribution is -2.68. The fourth-order valence-corrected chi connectivity index (χ4v) is 11.8. The Kier molecular flexibility index (Phi) is 12.7. The summed E-state index contributed by atoms with van der Waals surface area (Å²) in [6.45, 7) is 23.7. The Balaban J connectivity index is 1.36. The molecule has 2 heterocycles. The zero-order chi connectivity index (χ0) is 45.6. The summed E-state index contributed by atoms with van der Waals surface area (Å²) >= 11 is 0. The summed E-state index contributed by atoms with van der Waals surface area (Å²) in [5, 5.41) is 17.0. The molecule has 1 saturated carbocycles. The van der Waals surface area contributed by atoms with Crippen LogP contribution in [0.5, 0.6) is 17.4 Å². The molecular weight excluding hydrogens is 823 g/mol. The lowest BCUT2D eigenvalue weighted by Gasteiger charge is -2.55. The monoisotopic (exact) mass is 885 g/mol. The van der Waals surface area contributed by atoms with Gasteiger partial charge in [-0.1, -0.05) is 101 Å². The summed E-state index contributed by atoms with van der Waals surface area (Å²) in [6, 6.07) is 20.9. The van der Waals surface area contributed by atoms with Crippen LogP contribution < -0.4 is 14.2 Å². The number of Topliss-reactive ketones (excluding diaryl/α,β-unsaturated/α-hetero) is 2. The van der Waals surface area contributed by atoms with E-state index < -0.39 is 48.4 Å². The van der Waals surface area contributed by atoms with E-state index in [1.54, 1.807) is 19.3 Å². The van der Waals surface area contributed by atoms with E-state index in [4.69, 9.17) is 23.2 Å². The molecule has 11 nitrogen and oxygen atoms in total. The van der Waals surface area contributed by atoms with Crippen LogP contribution in [0.4, 0.5) is 0 Å². The molecule has 1 aromatic heterocycles. The van der Waals surface area contributed by atoms with Crippen LogP contribution in [0.2, 0.25) is 18.1 Å². The number of hydrogen-bond acceptors (Lipinski definition) is 11. The summed E-state index contributed by atoms with van der Waals surface area (Å²) < 4.78 is 33.0. The highest BCUT2D eigenvalue weighted by atomic mass is 28.4. The van der Waals surface area contributed by atoms with E-state index in [2.05, 4.69) is 68.9 Å². The van der Waals surface area contributed by atoms with Crippen LogP contribution in [0.1, 0.15) is 103 Å². The molecule has 2 fully saturated rings.